The average Bonchev–Trinajstić information content (AvgIpc) is 3.14. The Kier molecular flexibility index (Phi) is 5.93. The molecule has 7 nitrogen and oxygen atoms in total. The SMILES string of the molecule is Cc1cc(N2CCCCC2)nc(NCCNC(=O)Cn2ccc3ccccc32)n1. The van der Waals surface area contributed by atoms with Crippen molar-refractivity contribution in [2.75, 3.05) is 36.4 Å². The summed E-state index contributed by atoms with van der Waals surface area (Å²) in [4.78, 5) is 23.7. The molecule has 3 heterocycles. The zero-order chi connectivity index (χ0) is 20.1. The Morgan fingerprint density at radius 3 is 2.76 bits per heavy atom. The third-order valence-corrected chi connectivity index (χ3v) is 5.25. The number of hydrogen-bond acceptors (Lipinski definition) is 5. The summed E-state index contributed by atoms with van der Waals surface area (Å²) >= 11 is 0. The molecule has 0 spiro atoms. The van der Waals surface area contributed by atoms with Crippen molar-refractivity contribution in [3.8, 4) is 0 Å². The lowest BCUT2D eigenvalue weighted by molar-refractivity contribution is -0.121. The number of piperidine rings is 1. The number of rotatable bonds is 7. The van der Waals surface area contributed by atoms with Gasteiger partial charge in [0.05, 0.1) is 0 Å². The Hall–Kier alpha value is -3.09. The van der Waals surface area contributed by atoms with E-state index in [1.807, 2.05) is 54.1 Å². The van der Waals surface area contributed by atoms with Crippen LogP contribution in [0, 0.1) is 6.92 Å². The molecule has 0 aliphatic carbocycles. The fraction of sp³-hybridized carbons (Fsp3) is 0.409. The van der Waals surface area contributed by atoms with Gasteiger partial charge in [0.25, 0.3) is 0 Å². The van der Waals surface area contributed by atoms with Gasteiger partial charge in [0, 0.05) is 49.7 Å². The molecule has 152 valence electrons. The maximum atomic E-state index is 12.3. The zero-order valence-corrected chi connectivity index (χ0v) is 16.9. The first-order valence-electron chi connectivity index (χ1n) is 10.3. The third kappa shape index (κ3) is 4.85. The lowest BCUT2D eigenvalue weighted by atomic mass is 10.1. The van der Waals surface area contributed by atoms with Crippen LogP contribution in [0.15, 0.2) is 42.6 Å². The summed E-state index contributed by atoms with van der Waals surface area (Å²) in [5.41, 5.74) is 2.02. The first-order chi connectivity index (χ1) is 14.2. The molecule has 1 amide bonds. The van der Waals surface area contributed by atoms with E-state index in [9.17, 15) is 4.79 Å². The van der Waals surface area contributed by atoms with Crippen LogP contribution in [-0.4, -0.2) is 46.6 Å². The van der Waals surface area contributed by atoms with E-state index in [2.05, 4.69) is 25.5 Å². The maximum Gasteiger partial charge on any atom is 0.240 e. The van der Waals surface area contributed by atoms with Crippen LogP contribution in [0.25, 0.3) is 10.9 Å². The number of aryl methyl sites for hydroxylation is 1. The second kappa shape index (κ2) is 8.94. The van der Waals surface area contributed by atoms with Crippen molar-refractivity contribution in [3.05, 3.63) is 48.3 Å². The molecular formula is C22H28N6O. The van der Waals surface area contributed by atoms with Crippen LogP contribution < -0.4 is 15.5 Å². The summed E-state index contributed by atoms with van der Waals surface area (Å²) in [6.07, 6.45) is 5.68. The molecule has 0 unspecified atom stereocenters. The highest BCUT2D eigenvalue weighted by Gasteiger charge is 2.14. The number of fused-ring (bicyclic) bond motifs is 1. The predicted molar refractivity (Wildman–Crippen MR) is 116 cm³/mol. The molecule has 2 N–H and O–H groups in total. The van der Waals surface area contributed by atoms with E-state index in [4.69, 9.17) is 0 Å². The van der Waals surface area contributed by atoms with E-state index in [-0.39, 0.29) is 5.91 Å². The summed E-state index contributed by atoms with van der Waals surface area (Å²) in [5.74, 6) is 1.60. The van der Waals surface area contributed by atoms with E-state index in [0.29, 0.717) is 25.6 Å². The summed E-state index contributed by atoms with van der Waals surface area (Å²) in [6, 6.07) is 12.1. The van der Waals surface area contributed by atoms with E-state index >= 15 is 0 Å². The lowest BCUT2D eigenvalue weighted by Gasteiger charge is -2.28. The minimum absolute atomic E-state index is 0.00711. The van der Waals surface area contributed by atoms with Crippen LogP contribution in [0.3, 0.4) is 0 Å². The molecule has 0 atom stereocenters. The zero-order valence-electron chi connectivity index (χ0n) is 16.9. The van der Waals surface area contributed by atoms with Gasteiger partial charge < -0.3 is 20.1 Å². The number of amides is 1. The summed E-state index contributed by atoms with van der Waals surface area (Å²) in [6.45, 7) is 5.52. The number of nitrogens with zero attached hydrogens (tertiary/aromatic N) is 4. The Balaban J connectivity index is 1.27. The average molecular weight is 393 g/mol. The van der Waals surface area contributed by atoms with E-state index in [1.54, 1.807) is 0 Å². The monoisotopic (exact) mass is 392 g/mol. The van der Waals surface area contributed by atoms with Gasteiger partial charge in [0.2, 0.25) is 11.9 Å². The van der Waals surface area contributed by atoms with Gasteiger partial charge in [-0.25, -0.2) is 4.98 Å². The molecule has 0 saturated carbocycles. The molecule has 1 aliphatic heterocycles. The molecule has 0 bridgehead atoms. The number of nitrogens with one attached hydrogen (secondary N) is 2. The van der Waals surface area contributed by atoms with Crippen molar-refractivity contribution in [1.82, 2.24) is 19.9 Å². The number of anilines is 2. The molecule has 7 heteroatoms. The molecule has 3 aromatic rings. The second-order valence-electron chi connectivity index (χ2n) is 7.52. The first-order valence-corrected chi connectivity index (χ1v) is 10.3. The molecule has 1 fully saturated rings. The number of carbonyl (C=O) groups is 1. The highest BCUT2D eigenvalue weighted by Crippen LogP contribution is 2.19. The molecule has 2 aromatic heterocycles. The molecule has 0 radical (unpaired) electrons. The number of carbonyl (C=O) groups excluding carboxylic acids is 1. The molecule has 4 rings (SSSR count). The van der Waals surface area contributed by atoms with Crippen LogP contribution in [0.5, 0.6) is 0 Å². The topological polar surface area (TPSA) is 75.1 Å². The Labute approximate surface area is 171 Å². The predicted octanol–water partition coefficient (Wildman–Crippen LogP) is 2.96. The maximum absolute atomic E-state index is 12.3. The van der Waals surface area contributed by atoms with Crippen molar-refractivity contribution in [2.45, 2.75) is 32.7 Å². The Morgan fingerprint density at radius 1 is 1.07 bits per heavy atom. The fourth-order valence-corrected chi connectivity index (χ4v) is 3.78. The summed E-state index contributed by atoms with van der Waals surface area (Å²) in [7, 11) is 0. The van der Waals surface area contributed by atoms with Crippen molar-refractivity contribution in [2.24, 2.45) is 0 Å². The van der Waals surface area contributed by atoms with E-state index < -0.39 is 0 Å². The number of benzene rings is 1. The molecule has 1 aromatic carbocycles. The molecule has 1 saturated heterocycles. The van der Waals surface area contributed by atoms with Gasteiger partial charge >= 0.3 is 0 Å². The van der Waals surface area contributed by atoms with Gasteiger partial charge in [-0.15, -0.1) is 0 Å². The standard InChI is InChI=1S/C22H28N6O/c1-17-15-20(27-12-5-2-6-13-27)26-22(25-17)24-11-10-23-21(29)16-28-14-9-18-7-3-4-8-19(18)28/h3-4,7-9,14-15H,2,5-6,10-13,16H2,1H3,(H,23,29)(H,24,25,26). The van der Waals surface area contributed by atoms with Crippen LogP contribution in [0.4, 0.5) is 11.8 Å². The van der Waals surface area contributed by atoms with Gasteiger partial charge in [0.1, 0.15) is 12.4 Å². The number of hydrogen-bond donors (Lipinski definition) is 2. The molecular weight excluding hydrogens is 364 g/mol. The van der Waals surface area contributed by atoms with Crippen molar-refractivity contribution in [3.63, 3.8) is 0 Å². The van der Waals surface area contributed by atoms with E-state index in [0.717, 1.165) is 35.5 Å². The normalized spacial score (nSPS) is 14.2. The summed E-state index contributed by atoms with van der Waals surface area (Å²) < 4.78 is 1.96. The highest BCUT2D eigenvalue weighted by atomic mass is 16.1. The minimum Gasteiger partial charge on any atom is -0.356 e. The minimum atomic E-state index is -0.00711. The number of aromatic nitrogens is 3. The third-order valence-electron chi connectivity index (χ3n) is 5.25. The quantitative estimate of drug-likeness (QED) is 0.605. The molecule has 29 heavy (non-hydrogen) atoms. The Bertz CT molecular complexity index is 976. The van der Waals surface area contributed by atoms with Gasteiger partial charge in [-0.2, -0.15) is 4.98 Å². The van der Waals surface area contributed by atoms with Crippen LogP contribution in [0.1, 0.15) is 25.0 Å². The van der Waals surface area contributed by atoms with Crippen molar-refractivity contribution >= 4 is 28.6 Å². The largest absolute Gasteiger partial charge is 0.356 e. The van der Waals surface area contributed by atoms with Crippen LogP contribution in [0.2, 0.25) is 0 Å². The van der Waals surface area contributed by atoms with Gasteiger partial charge in [-0.05, 0) is 43.7 Å². The fourth-order valence-electron chi connectivity index (χ4n) is 3.78. The van der Waals surface area contributed by atoms with Crippen LogP contribution in [-0.2, 0) is 11.3 Å². The number of para-hydroxylation sites is 1. The summed E-state index contributed by atoms with van der Waals surface area (Å²) in [5, 5.41) is 7.34. The van der Waals surface area contributed by atoms with Gasteiger partial charge in [0.15, 0.2) is 0 Å². The lowest BCUT2D eigenvalue weighted by Crippen LogP contribution is -2.32. The second-order valence-corrected chi connectivity index (χ2v) is 7.52. The smallest absolute Gasteiger partial charge is 0.240 e. The first kappa shape index (κ1) is 19.2. The van der Waals surface area contributed by atoms with Gasteiger partial charge in [-0.3, -0.25) is 4.79 Å². The Morgan fingerprint density at radius 2 is 1.90 bits per heavy atom. The van der Waals surface area contributed by atoms with E-state index in [1.165, 1.54) is 19.3 Å². The van der Waals surface area contributed by atoms with Crippen molar-refractivity contribution in [1.29, 1.82) is 0 Å². The molecule has 1 aliphatic rings. The van der Waals surface area contributed by atoms with Crippen LogP contribution >= 0.6 is 0 Å². The van der Waals surface area contributed by atoms with Crippen molar-refractivity contribution < 1.29 is 4.79 Å². The van der Waals surface area contributed by atoms with Gasteiger partial charge in [-0.1, -0.05) is 18.2 Å². The highest BCUT2D eigenvalue weighted by molar-refractivity contribution is 5.83.